The highest BCUT2D eigenvalue weighted by Crippen LogP contribution is 2.12. The van der Waals surface area contributed by atoms with Crippen molar-refractivity contribution in [3.05, 3.63) is 64.8 Å². The van der Waals surface area contributed by atoms with Crippen LogP contribution in [0.5, 0.6) is 5.75 Å². The van der Waals surface area contributed by atoms with E-state index in [9.17, 15) is 15.2 Å². The zero-order chi connectivity index (χ0) is 16.4. The molecule has 0 saturated carbocycles. The van der Waals surface area contributed by atoms with Gasteiger partial charge < -0.3 is 14.6 Å². The standard InChI is InChI=1S/C16H21NO5/c1-3-5-15(17(19)20)16(18)6-4-11-22-12-13-7-9-14(21-2)10-8-13/h3-4,6-10,15-16,18H,1,5,11-12H2,2H3. The molecule has 0 amide bonds. The monoisotopic (exact) mass is 307 g/mol. The minimum atomic E-state index is -1.16. The highest BCUT2D eigenvalue weighted by atomic mass is 16.6. The summed E-state index contributed by atoms with van der Waals surface area (Å²) in [5.74, 6) is 0.778. The maximum atomic E-state index is 10.8. The number of nitrogens with zero attached hydrogens (tertiary/aromatic N) is 1. The van der Waals surface area contributed by atoms with Crippen molar-refractivity contribution in [1.29, 1.82) is 0 Å². The lowest BCUT2D eigenvalue weighted by atomic mass is 10.1. The Morgan fingerprint density at radius 3 is 2.64 bits per heavy atom. The summed E-state index contributed by atoms with van der Waals surface area (Å²) in [5.41, 5.74) is 0.990. The zero-order valence-corrected chi connectivity index (χ0v) is 12.6. The number of nitro groups is 1. The molecule has 1 aromatic rings. The molecule has 6 nitrogen and oxygen atoms in total. The summed E-state index contributed by atoms with van der Waals surface area (Å²) in [6.07, 6.45) is 3.34. The SMILES string of the molecule is C=CCC(C(O)C=CCOCc1ccc(OC)cc1)[N+](=O)[O-]. The van der Waals surface area contributed by atoms with E-state index in [1.54, 1.807) is 13.2 Å². The van der Waals surface area contributed by atoms with E-state index in [2.05, 4.69) is 6.58 Å². The average molecular weight is 307 g/mol. The van der Waals surface area contributed by atoms with Crippen LogP contribution in [0.25, 0.3) is 0 Å². The Hall–Kier alpha value is -2.18. The molecule has 0 saturated heterocycles. The second-order valence-electron chi connectivity index (χ2n) is 4.66. The number of benzene rings is 1. The van der Waals surface area contributed by atoms with E-state index >= 15 is 0 Å². The van der Waals surface area contributed by atoms with E-state index in [1.165, 1.54) is 12.2 Å². The van der Waals surface area contributed by atoms with Crippen LogP contribution in [-0.2, 0) is 11.3 Å². The molecule has 0 aliphatic heterocycles. The van der Waals surface area contributed by atoms with E-state index < -0.39 is 17.1 Å². The van der Waals surface area contributed by atoms with Crippen LogP contribution < -0.4 is 4.74 Å². The van der Waals surface area contributed by atoms with Gasteiger partial charge in [0.2, 0.25) is 6.04 Å². The predicted octanol–water partition coefficient (Wildman–Crippen LogP) is 2.35. The van der Waals surface area contributed by atoms with Gasteiger partial charge in [0.1, 0.15) is 11.9 Å². The summed E-state index contributed by atoms with van der Waals surface area (Å²) in [7, 11) is 1.60. The lowest BCUT2D eigenvalue weighted by molar-refractivity contribution is -0.530. The van der Waals surface area contributed by atoms with Gasteiger partial charge in [0, 0.05) is 11.3 Å². The molecular formula is C16H21NO5. The lowest BCUT2D eigenvalue weighted by Crippen LogP contribution is -2.31. The van der Waals surface area contributed by atoms with Gasteiger partial charge in [0.05, 0.1) is 20.3 Å². The topological polar surface area (TPSA) is 81.8 Å². The van der Waals surface area contributed by atoms with Gasteiger partial charge in [-0.1, -0.05) is 30.4 Å². The quantitative estimate of drug-likeness (QED) is 0.310. The van der Waals surface area contributed by atoms with Crippen molar-refractivity contribution in [3.8, 4) is 5.75 Å². The van der Waals surface area contributed by atoms with Gasteiger partial charge in [0.25, 0.3) is 0 Å². The Morgan fingerprint density at radius 2 is 2.09 bits per heavy atom. The van der Waals surface area contributed by atoms with Crippen molar-refractivity contribution in [2.24, 2.45) is 0 Å². The molecule has 120 valence electrons. The maximum Gasteiger partial charge on any atom is 0.245 e. The Kier molecular flexibility index (Phi) is 7.88. The molecule has 0 aliphatic rings. The molecule has 6 heteroatoms. The number of methoxy groups -OCH3 is 1. The fraction of sp³-hybridized carbons (Fsp3) is 0.375. The predicted molar refractivity (Wildman–Crippen MR) is 83.4 cm³/mol. The Morgan fingerprint density at radius 1 is 1.41 bits per heavy atom. The fourth-order valence-corrected chi connectivity index (χ4v) is 1.81. The summed E-state index contributed by atoms with van der Waals surface area (Å²) >= 11 is 0. The number of rotatable bonds is 10. The van der Waals surface area contributed by atoms with E-state index in [4.69, 9.17) is 9.47 Å². The Balaban J connectivity index is 2.35. The van der Waals surface area contributed by atoms with Crippen molar-refractivity contribution < 1.29 is 19.5 Å². The first-order valence-electron chi connectivity index (χ1n) is 6.88. The van der Waals surface area contributed by atoms with Gasteiger partial charge in [-0.15, -0.1) is 6.58 Å². The third-order valence-corrected chi connectivity index (χ3v) is 3.05. The summed E-state index contributed by atoms with van der Waals surface area (Å²) < 4.78 is 10.5. The highest BCUT2D eigenvalue weighted by molar-refractivity contribution is 5.26. The lowest BCUT2D eigenvalue weighted by Gasteiger charge is -2.10. The van der Waals surface area contributed by atoms with Crippen LogP contribution in [0.15, 0.2) is 49.1 Å². The molecule has 0 radical (unpaired) electrons. The van der Waals surface area contributed by atoms with Crippen LogP contribution >= 0.6 is 0 Å². The largest absolute Gasteiger partial charge is 0.497 e. The minimum absolute atomic E-state index is 0.116. The smallest absolute Gasteiger partial charge is 0.245 e. The summed E-state index contributed by atoms with van der Waals surface area (Å²) in [6.45, 7) is 4.13. The number of aliphatic hydroxyl groups is 1. The number of hydrogen-bond acceptors (Lipinski definition) is 5. The first kappa shape index (κ1) is 17.9. The van der Waals surface area contributed by atoms with Crippen molar-refractivity contribution in [2.45, 2.75) is 25.2 Å². The van der Waals surface area contributed by atoms with Crippen molar-refractivity contribution >= 4 is 0 Å². The molecule has 2 atom stereocenters. The molecule has 1 aromatic carbocycles. The van der Waals surface area contributed by atoms with E-state index in [1.807, 2.05) is 24.3 Å². The van der Waals surface area contributed by atoms with Gasteiger partial charge in [-0.05, 0) is 17.7 Å². The molecular weight excluding hydrogens is 286 g/mol. The van der Waals surface area contributed by atoms with Gasteiger partial charge in [-0.2, -0.15) is 0 Å². The molecule has 1 rings (SSSR count). The molecule has 0 spiro atoms. The van der Waals surface area contributed by atoms with Crippen molar-refractivity contribution in [2.75, 3.05) is 13.7 Å². The second-order valence-corrected chi connectivity index (χ2v) is 4.66. The number of aliphatic hydroxyl groups excluding tert-OH is 1. The van der Waals surface area contributed by atoms with Crippen LogP contribution in [-0.4, -0.2) is 35.9 Å². The normalized spacial score (nSPS) is 13.7. The zero-order valence-electron chi connectivity index (χ0n) is 12.6. The third-order valence-electron chi connectivity index (χ3n) is 3.05. The first-order chi connectivity index (χ1) is 10.6. The summed E-state index contributed by atoms with van der Waals surface area (Å²) in [5, 5.41) is 20.5. The molecule has 0 fully saturated rings. The van der Waals surface area contributed by atoms with Crippen molar-refractivity contribution in [1.82, 2.24) is 0 Å². The molecule has 2 unspecified atom stereocenters. The van der Waals surface area contributed by atoms with Gasteiger partial charge in [-0.25, -0.2) is 0 Å². The van der Waals surface area contributed by atoms with Crippen LogP contribution in [0.3, 0.4) is 0 Å². The molecule has 0 heterocycles. The van der Waals surface area contributed by atoms with E-state index in [-0.39, 0.29) is 13.0 Å². The molecule has 0 aromatic heterocycles. The molecule has 0 bridgehead atoms. The second kappa shape index (κ2) is 9.70. The summed E-state index contributed by atoms with van der Waals surface area (Å²) in [6, 6.07) is 6.40. The minimum Gasteiger partial charge on any atom is -0.497 e. The summed E-state index contributed by atoms with van der Waals surface area (Å²) in [4.78, 5) is 10.3. The van der Waals surface area contributed by atoms with Crippen LogP contribution in [0, 0.1) is 10.1 Å². The Bertz CT molecular complexity index is 498. The number of hydrogen-bond donors (Lipinski definition) is 1. The van der Waals surface area contributed by atoms with Crippen LogP contribution in [0.2, 0.25) is 0 Å². The van der Waals surface area contributed by atoms with Gasteiger partial charge in [-0.3, -0.25) is 10.1 Å². The molecule has 0 aliphatic carbocycles. The Labute approximate surface area is 129 Å². The van der Waals surface area contributed by atoms with E-state index in [0.29, 0.717) is 6.61 Å². The molecule has 22 heavy (non-hydrogen) atoms. The van der Waals surface area contributed by atoms with Gasteiger partial charge >= 0.3 is 0 Å². The van der Waals surface area contributed by atoms with Crippen LogP contribution in [0.1, 0.15) is 12.0 Å². The van der Waals surface area contributed by atoms with Crippen LogP contribution in [0.4, 0.5) is 0 Å². The third kappa shape index (κ3) is 6.07. The first-order valence-corrected chi connectivity index (χ1v) is 6.88. The molecule has 1 N–H and O–H groups in total. The van der Waals surface area contributed by atoms with Gasteiger partial charge in [0.15, 0.2) is 0 Å². The number of ether oxygens (including phenoxy) is 2. The van der Waals surface area contributed by atoms with Crippen molar-refractivity contribution in [3.63, 3.8) is 0 Å². The average Bonchev–Trinajstić information content (AvgIpc) is 2.52. The van der Waals surface area contributed by atoms with E-state index in [0.717, 1.165) is 11.3 Å². The maximum absolute atomic E-state index is 10.8. The fourth-order valence-electron chi connectivity index (χ4n) is 1.81. The highest BCUT2D eigenvalue weighted by Gasteiger charge is 2.25.